The van der Waals surface area contributed by atoms with Crippen molar-refractivity contribution in [3.8, 4) is 0 Å². The molecule has 1 unspecified atom stereocenters. The van der Waals surface area contributed by atoms with Gasteiger partial charge in [0.25, 0.3) is 0 Å². The van der Waals surface area contributed by atoms with Crippen molar-refractivity contribution >= 4 is 11.3 Å². The molecular formula is C13H10F5NS. The molecule has 20 heavy (non-hydrogen) atoms. The van der Waals surface area contributed by atoms with Gasteiger partial charge < -0.3 is 5.32 Å². The molecule has 1 nitrogen and oxygen atoms in total. The summed E-state index contributed by atoms with van der Waals surface area (Å²) in [5.41, 5.74) is -0.856. The van der Waals surface area contributed by atoms with Crippen LogP contribution in [-0.4, -0.2) is 6.54 Å². The highest BCUT2D eigenvalue weighted by atomic mass is 32.1. The van der Waals surface area contributed by atoms with Crippen LogP contribution in [0.1, 0.15) is 23.4 Å². The van der Waals surface area contributed by atoms with Gasteiger partial charge in [0.15, 0.2) is 23.3 Å². The third-order valence-corrected chi connectivity index (χ3v) is 3.71. The average molecular weight is 307 g/mol. The lowest BCUT2D eigenvalue weighted by Gasteiger charge is -2.19. The minimum atomic E-state index is -2.15. The summed E-state index contributed by atoms with van der Waals surface area (Å²) >= 11 is 1.16. The average Bonchev–Trinajstić information content (AvgIpc) is 2.96. The topological polar surface area (TPSA) is 12.0 Å². The smallest absolute Gasteiger partial charge is 0.200 e. The van der Waals surface area contributed by atoms with Crippen LogP contribution in [-0.2, 0) is 0 Å². The van der Waals surface area contributed by atoms with Gasteiger partial charge in [-0.05, 0) is 18.0 Å². The first kappa shape index (κ1) is 14.9. The predicted octanol–water partition coefficient (Wildman–Crippen LogP) is 4.14. The quantitative estimate of drug-likeness (QED) is 0.508. The van der Waals surface area contributed by atoms with Crippen LogP contribution in [0.25, 0.3) is 0 Å². The Morgan fingerprint density at radius 1 is 1.00 bits per heavy atom. The Morgan fingerprint density at radius 3 is 2.00 bits per heavy atom. The van der Waals surface area contributed by atoms with Crippen LogP contribution in [0, 0.1) is 29.1 Å². The van der Waals surface area contributed by atoms with Crippen molar-refractivity contribution in [3.05, 3.63) is 57.0 Å². The van der Waals surface area contributed by atoms with Gasteiger partial charge in [0.05, 0.1) is 11.6 Å². The number of benzene rings is 1. The fourth-order valence-electron chi connectivity index (χ4n) is 1.88. The van der Waals surface area contributed by atoms with Crippen LogP contribution in [0.15, 0.2) is 17.5 Å². The van der Waals surface area contributed by atoms with E-state index in [0.717, 1.165) is 11.3 Å². The Balaban J connectivity index is 2.66. The van der Waals surface area contributed by atoms with Crippen molar-refractivity contribution < 1.29 is 22.0 Å². The highest BCUT2D eigenvalue weighted by molar-refractivity contribution is 7.10. The van der Waals surface area contributed by atoms with E-state index in [4.69, 9.17) is 0 Å². The minimum Gasteiger partial charge on any atom is -0.306 e. The highest BCUT2D eigenvalue weighted by Gasteiger charge is 2.31. The van der Waals surface area contributed by atoms with E-state index >= 15 is 0 Å². The summed E-state index contributed by atoms with van der Waals surface area (Å²) in [7, 11) is 0. The fourth-order valence-corrected chi connectivity index (χ4v) is 2.69. The summed E-state index contributed by atoms with van der Waals surface area (Å²) < 4.78 is 67.2. The monoisotopic (exact) mass is 307 g/mol. The summed E-state index contributed by atoms with van der Waals surface area (Å²) in [5, 5.41) is 4.39. The SMILES string of the molecule is CCNC(c1cccs1)c1c(F)c(F)c(F)c(F)c1F. The zero-order valence-electron chi connectivity index (χ0n) is 10.3. The Hall–Kier alpha value is -1.47. The summed E-state index contributed by atoms with van der Waals surface area (Å²) in [4.78, 5) is 0.468. The maximum Gasteiger partial charge on any atom is 0.200 e. The van der Waals surface area contributed by atoms with Crippen molar-refractivity contribution in [3.63, 3.8) is 0 Å². The second-order valence-electron chi connectivity index (χ2n) is 3.99. The molecule has 1 atom stereocenters. The Labute approximate surface area is 116 Å². The van der Waals surface area contributed by atoms with E-state index in [-0.39, 0.29) is 0 Å². The van der Waals surface area contributed by atoms with Gasteiger partial charge in [0.2, 0.25) is 5.82 Å². The Morgan fingerprint density at radius 2 is 1.55 bits per heavy atom. The molecule has 1 N–H and O–H groups in total. The van der Waals surface area contributed by atoms with Crippen molar-refractivity contribution in [2.24, 2.45) is 0 Å². The molecule has 0 aliphatic rings. The van der Waals surface area contributed by atoms with Gasteiger partial charge in [-0.2, -0.15) is 0 Å². The maximum atomic E-state index is 13.8. The Kier molecular flexibility index (Phi) is 4.39. The van der Waals surface area contributed by atoms with Gasteiger partial charge in [-0.3, -0.25) is 0 Å². The van der Waals surface area contributed by atoms with E-state index in [0.29, 0.717) is 11.4 Å². The molecule has 1 aromatic heterocycles. The van der Waals surface area contributed by atoms with Crippen LogP contribution >= 0.6 is 11.3 Å². The first-order valence-corrected chi connectivity index (χ1v) is 6.65. The minimum absolute atomic E-state index is 0.308. The third kappa shape index (κ3) is 2.43. The van der Waals surface area contributed by atoms with Crippen LogP contribution in [0.2, 0.25) is 0 Å². The molecule has 0 fully saturated rings. The molecule has 0 bridgehead atoms. The van der Waals surface area contributed by atoms with E-state index < -0.39 is 40.7 Å². The lowest BCUT2D eigenvalue weighted by molar-refractivity contribution is 0.363. The van der Waals surface area contributed by atoms with E-state index in [9.17, 15) is 22.0 Å². The molecule has 1 aromatic carbocycles. The number of hydrogen-bond donors (Lipinski definition) is 1. The first-order valence-electron chi connectivity index (χ1n) is 5.77. The second-order valence-corrected chi connectivity index (χ2v) is 4.97. The van der Waals surface area contributed by atoms with Gasteiger partial charge in [-0.25, -0.2) is 22.0 Å². The molecule has 2 aromatic rings. The van der Waals surface area contributed by atoms with E-state index in [1.807, 2.05) is 0 Å². The third-order valence-electron chi connectivity index (χ3n) is 2.77. The number of halogens is 5. The summed E-state index contributed by atoms with van der Waals surface area (Å²) in [6.07, 6.45) is 0. The van der Waals surface area contributed by atoms with Crippen LogP contribution in [0.4, 0.5) is 22.0 Å². The van der Waals surface area contributed by atoms with Crippen LogP contribution in [0.5, 0.6) is 0 Å². The van der Waals surface area contributed by atoms with Crippen molar-refractivity contribution in [1.82, 2.24) is 5.32 Å². The molecule has 1 heterocycles. The molecule has 0 saturated heterocycles. The Bertz CT molecular complexity index is 583. The summed E-state index contributed by atoms with van der Waals surface area (Å²) in [5.74, 6) is -9.62. The highest BCUT2D eigenvalue weighted by Crippen LogP contribution is 2.33. The lowest BCUT2D eigenvalue weighted by atomic mass is 10.0. The number of hydrogen-bond acceptors (Lipinski definition) is 2. The van der Waals surface area contributed by atoms with Crippen molar-refractivity contribution in [2.75, 3.05) is 6.54 Å². The van der Waals surface area contributed by atoms with Crippen molar-refractivity contribution in [1.29, 1.82) is 0 Å². The molecule has 7 heteroatoms. The molecule has 0 radical (unpaired) electrons. The van der Waals surface area contributed by atoms with Crippen LogP contribution in [0.3, 0.4) is 0 Å². The largest absolute Gasteiger partial charge is 0.306 e. The molecule has 0 spiro atoms. The second kappa shape index (κ2) is 5.88. The molecule has 0 saturated carbocycles. The van der Waals surface area contributed by atoms with Gasteiger partial charge >= 0.3 is 0 Å². The molecule has 0 aliphatic carbocycles. The molecule has 0 amide bonds. The number of rotatable bonds is 4. The van der Waals surface area contributed by atoms with Gasteiger partial charge in [-0.1, -0.05) is 13.0 Å². The van der Waals surface area contributed by atoms with E-state index in [1.54, 1.807) is 24.4 Å². The van der Waals surface area contributed by atoms with Gasteiger partial charge in [-0.15, -0.1) is 11.3 Å². The molecular weight excluding hydrogens is 297 g/mol. The van der Waals surface area contributed by atoms with E-state index in [2.05, 4.69) is 5.32 Å². The normalized spacial score (nSPS) is 12.7. The molecule has 108 valence electrons. The van der Waals surface area contributed by atoms with Crippen molar-refractivity contribution in [2.45, 2.75) is 13.0 Å². The zero-order valence-corrected chi connectivity index (χ0v) is 11.1. The van der Waals surface area contributed by atoms with Crippen LogP contribution < -0.4 is 5.32 Å². The summed E-state index contributed by atoms with van der Waals surface area (Å²) in [6.45, 7) is 1.98. The lowest BCUT2D eigenvalue weighted by Crippen LogP contribution is -2.25. The number of thiophene rings is 1. The molecule has 2 rings (SSSR count). The summed E-state index contributed by atoms with van der Waals surface area (Å²) in [6, 6.07) is 2.12. The molecule has 0 aliphatic heterocycles. The standard InChI is InChI=1S/C13H10F5NS/c1-2-19-13(6-4-3-5-20-6)7-8(14)10(16)12(18)11(17)9(7)15/h3-5,13,19H,2H2,1H3. The fraction of sp³-hybridized carbons (Fsp3) is 0.231. The predicted molar refractivity (Wildman–Crippen MR) is 66.1 cm³/mol. The van der Waals surface area contributed by atoms with E-state index in [1.165, 1.54) is 0 Å². The maximum absolute atomic E-state index is 13.8. The number of nitrogens with one attached hydrogen (secondary N) is 1. The zero-order chi connectivity index (χ0) is 14.9. The van der Waals surface area contributed by atoms with Gasteiger partial charge in [0, 0.05) is 4.88 Å². The van der Waals surface area contributed by atoms with Gasteiger partial charge in [0.1, 0.15) is 0 Å². The first-order chi connectivity index (χ1) is 9.49.